The van der Waals surface area contributed by atoms with Gasteiger partial charge in [-0.1, -0.05) is 11.6 Å². The van der Waals surface area contributed by atoms with E-state index in [2.05, 4.69) is 0 Å². The van der Waals surface area contributed by atoms with Crippen molar-refractivity contribution in [3.05, 3.63) is 29.3 Å². The molecule has 1 amide bonds. The maximum atomic E-state index is 11.3. The van der Waals surface area contributed by atoms with Crippen LogP contribution >= 0.6 is 0 Å². The van der Waals surface area contributed by atoms with Crippen molar-refractivity contribution in [3.63, 3.8) is 0 Å². The van der Waals surface area contributed by atoms with Crippen molar-refractivity contribution in [1.82, 2.24) is 4.90 Å². The number of hydrogen-bond acceptors (Lipinski definition) is 3. The van der Waals surface area contributed by atoms with Crippen LogP contribution in [0.5, 0.6) is 5.75 Å². The summed E-state index contributed by atoms with van der Waals surface area (Å²) in [5.41, 5.74) is 0.969. The normalized spacial score (nSPS) is 9.94. The van der Waals surface area contributed by atoms with Gasteiger partial charge in [-0.2, -0.15) is 0 Å². The lowest BCUT2D eigenvalue weighted by Crippen LogP contribution is -2.23. The van der Waals surface area contributed by atoms with Crippen molar-refractivity contribution in [2.45, 2.75) is 13.3 Å². The number of nitrogens with zero attached hydrogens (tertiary/aromatic N) is 1. The molecule has 18 heavy (non-hydrogen) atoms. The maximum Gasteiger partial charge on any atom is 0.339 e. The van der Waals surface area contributed by atoms with E-state index in [9.17, 15) is 9.59 Å². The van der Waals surface area contributed by atoms with E-state index in [1.54, 1.807) is 32.3 Å². The van der Waals surface area contributed by atoms with E-state index in [-0.39, 0.29) is 24.5 Å². The number of aryl methyl sites for hydroxylation is 1. The topological polar surface area (TPSA) is 66.8 Å². The fourth-order valence-corrected chi connectivity index (χ4v) is 1.41. The smallest absolute Gasteiger partial charge is 0.339 e. The SMILES string of the molecule is Cc1ccc(OCCC(=O)N(C)C)c(C(=O)O)c1. The molecule has 98 valence electrons. The predicted octanol–water partition coefficient (Wildman–Crippen LogP) is 1.55. The van der Waals surface area contributed by atoms with E-state index in [0.29, 0.717) is 5.75 Å². The molecule has 0 radical (unpaired) electrons. The lowest BCUT2D eigenvalue weighted by atomic mass is 10.1. The third kappa shape index (κ3) is 3.76. The monoisotopic (exact) mass is 251 g/mol. The molecule has 1 aromatic rings. The Bertz CT molecular complexity index is 454. The lowest BCUT2D eigenvalue weighted by molar-refractivity contribution is -0.129. The molecule has 0 heterocycles. The molecule has 0 aromatic heterocycles. The molecule has 0 fully saturated rings. The van der Waals surface area contributed by atoms with Gasteiger partial charge in [0.05, 0.1) is 13.0 Å². The summed E-state index contributed by atoms with van der Waals surface area (Å²) in [7, 11) is 3.33. The van der Waals surface area contributed by atoms with E-state index >= 15 is 0 Å². The summed E-state index contributed by atoms with van der Waals surface area (Å²) in [5.74, 6) is -0.800. The predicted molar refractivity (Wildman–Crippen MR) is 66.9 cm³/mol. The molecule has 0 bridgehead atoms. The van der Waals surface area contributed by atoms with Gasteiger partial charge in [0, 0.05) is 14.1 Å². The molecule has 1 rings (SSSR count). The van der Waals surface area contributed by atoms with Gasteiger partial charge in [-0.25, -0.2) is 4.79 Å². The molecule has 5 nitrogen and oxygen atoms in total. The summed E-state index contributed by atoms with van der Waals surface area (Å²) >= 11 is 0. The second-order valence-electron chi connectivity index (χ2n) is 4.19. The van der Waals surface area contributed by atoms with Crippen LogP contribution in [0.15, 0.2) is 18.2 Å². The molecule has 0 aliphatic heterocycles. The van der Waals surface area contributed by atoms with Crippen LogP contribution < -0.4 is 4.74 Å². The van der Waals surface area contributed by atoms with Gasteiger partial charge in [0.25, 0.3) is 0 Å². The zero-order chi connectivity index (χ0) is 13.7. The Hall–Kier alpha value is -2.04. The number of carbonyl (C=O) groups excluding carboxylic acids is 1. The van der Waals surface area contributed by atoms with E-state index in [0.717, 1.165) is 5.56 Å². The Labute approximate surface area is 106 Å². The highest BCUT2D eigenvalue weighted by molar-refractivity contribution is 5.91. The van der Waals surface area contributed by atoms with Gasteiger partial charge in [-0.15, -0.1) is 0 Å². The Morgan fingerprint density at radius 3 is 2.56 bits per heavy atom. The average molecular weight is 251 g/mol. The van der Waals surface area contributed by atoms with E-state index in [4.69, 9.17) is 9.84 Å². The summed E-state index contributed by atoms with van der Waals surface area (Å²) in [5, 5.41) is 9.03. The zero-order valence-corrected chi connectivity index (χ0v) is 10.8. The van der Waals surface area contributed by atoms with Crippen LogP contribution in [-0.4, -0.2) is 42.6 Å². The molecular weight excluding hydrogens is 234 g/mol. The molecule has 1 N–H and O–H groups in total. The van der Waals surface area contributed by atoms with Crippen LogP contribution in [-0.2, 0) is 4.79 Å². The highest BCUT2D eigenvalue weighted by atomic mass is 16.5. The number of amides is 1. The van der Waals surface area contributed by atoms with Gasteiger partial charge >= 0.3 is 5.97 Å². The van der Waals surface area contributed by atoms with Crippen molar-refractivity contribution in [1.29, 1.82) is 0 Å². The number of hydrogen-bond donors (Lipinski definition) is 1. The molecule has 1 aromatic carbocycles. The third-order valence-electron chi connectivity index (χ3n) is 2.44. The van der Waals surface area contributed by atoms with Crippen LogP contribution in [0.25, 0.3) is 0 Å². The first-order chi connectivity index (χ1) is 8.41. The van der Waals surface area contributed by atoms with Crippen LogP contribution in [0.4, 0.5) is 0 Å². The molecule has 0 unspecified atom stereocenters. The minimum atomic E-state index is -1.03. The molecule has 0 saturated carbocycles. The van der Waals surface area contributed by atoms with Gasteiger partial charge in [0.2, 0.25) is 5.91 Å². The first-order valence-corrected chi connectivity index (χ1v) is 5.58. The molecule has 0 spiro atoms. The van der Waals surface area contributed by atoms with Crippen LogP contribution in [0.3, 0.4) is 0 Å². The zero-order valence-electron chi connectivity index (χ0n) is 10.8. The van der Waals surface area contributed by atoms with Gasteiger partial charge in [-0.3, -0.25) is 4.79 Å². The molecular formula is C13H17NO4. The Morgan fingerprint density at radius 2 is 2.00 bits per heavy atom. The van der Waals surface area contributed by atoms with Crippen molar-refractivity contribution in [3.8, 4) is 5.75 Å². The van der Waals surface area contributed by atoms with E-state index in [1.165, 1.54) is 4.90 Å². The number of aromatic carboxylic acids is 1. The summed E-state index contributed by atoms with van der Waals surface area (Å²) < 4.78 is 5.35. The maximum absolute atomic E-state index is 11.3. The summed E-state index contributed by atoms with van der Waals surface area (Å²) in [4.78, 5) is 23.8. The first-order valence-electron chi connectivity index (χ1n) is 5.58. The highest BCUT2D eigenvalue weighted by Crippen LogP contribution is 2.20. The lowest BCUT2D eigenvalue weighted by Gasteiger charge is -2.12. The summed E-state index contributed by atoms with van der Waals surface area (Å²) in [6.45, 7) is 1.98. The fraction of sp³-hybridized carbons (Fsp3) is 0.385. The van der Waals surface area contributed by atoms with Crippen LogP contribution in [0.1, 0.15) is 22.3 Å². The second-order valence-corrected chi connectivity index (χ2v) is 4.19. The van der Waals surface area contributed by atoms with Gasteiger partial charge in [-0.05, 0) is 19.1 Å². The molecule has 0 aliphatic carbocycles. The average Bonchev–Trinajstić information content (AvgIpc) is 2.30. The van der Waals surface area contributed by atoms with E-state index in [1.807, 2.05) is 6.92 Å². The quantitative estimate of drug-likeness (QED) is 0.862. The molecule has 0 saturated heterocycles. The van der Waals surface area contributed by atoms with Crippen molar-refractivity contribution in [2.24, 2.45) is 0 Å². The van der Waals surface area contributed by atoms with Gasteiger partial charge in [0.1, 0.15) is 11.3 Å². The molecule has 5 heteroatoms. The number of ether oxygens (including phenoxy) is 1. The van der Waals surface area contributed by atoms with Crippen molar-refractivity contribution >= 4 is 11.9 Å². The Balaban J connectivity index is 2.68. The largest absolute Gasteiger partial charge is 0.492 e. The standard InChI is InChI=1S/C13H17NO4/c1-9-4-5-11(10(8-9)13(16)17)18-7-6-12(15)14(2)3/h4-5,8H,6-7H2,1-3H3,(H,16,17). The van der Waals surface area contributed by atoms with Crippen molar-refractivity contribution < 1.29 is 19.4 Å². The summed E-state index contributed by atoms with van der Waals surface area (Å²) in [6.07, 6.45) is 0.222. The van der Waals surface area contributed by atoms with Gasteiger partial charge < -0.3 is 14.7 Å². The number of carboxylic acids is 1. The van der Waals surface area contributed by atoms with Crippen molar-refractivity contribution in [2.75, 3.05) is 20.7 Å². The number of carbonyl (C=O) groups is 2. The van der Waals surface area contributed by atoms with Crippen LogP contribution in [0.2, 0.25) is 0 Å². The Morgan fingerprint density at radius 1 is 1.33 bits per heavy atom. The second kappa shape index (κ2) is 6.05. The summed E-state index contributed by atoms with van der Waals surface area (Å²) in [6, 6.07) is 4.93. The molecule has 0 aliphatic rings. The van der Waals surface area contributed by atoms with Gasteiger partial charge in [0.15, 0.2) is 0 Å². The first kappa shape index (κ1) is 14.0. The number of carboxylic acid groups (broad SMARTS) is 1. The number of benzene rings is 1. The minimum absolute atomic E-state index is 0.0565. The number of rotatable bonds is 5. The third-order valence-corrected chi connectivity index (χ3v) is 2.44. The minimum Gasteiger partial charge on any atom is -0.492 e. The Kier molecular flexibility index (Phi) is 4.71. The fourth-order valence-electron chi connectivity index (χ4n) is 1.41. The molecule has 0 atom stereocenters. The van der Waals surface area contributed by atoms with E-state index < -0.39 is 5.97 Å². The van der Waals surface area contributed by atoms with Crippen LogP contribution in [0, 0.1) is 6.92 Å². The highest BCUT2D eigenvalue weighted by Gasteiger charge is 2.12.